The summed E-state index contributed by atoms with van der Waals surface area (Å²) in [6, 6.07) is 12.2. The van der Waals surface area contributed by atoms with Crippen molar-refractivity contribution < 1.29 is 9.53 Å². The van der Waals surface area contributed by atoms with Gasteiger partial charge in [-0.3, -0.25) is 4.79 Å². The van der Waals surface area contributed by atoms with E-state index in [-0.39, 0.29) is 5.78 Å². The number of hydrogen-bond donors (Lipinski definition) is 2. The Hall–Kier alpha value is -2.53. The lowest BCUT2D eigenvalue weighted by molar-refractivity contribution is 0.103. The number of nitrogens with zero attached hydrogens (tertiary/aromatic N) is 1. The molecule has 2 aromatic rings. The topological polar surface area (TPSA) is 81.6 Å². The smallest absolute Gasteiger partial charge is 0.193 e. The number of anilines is 2. The lowest BCUT2D eigenvalue weighted by Gasteiger charge is -2.17. The van der Waals surface area contributed by atoms with E-state index < -0.39 is 0 Å². The predicted octanol–water partition coefficient (Wildman–Crippen LogP) is 3.58. The second kappa shape index (κ2) is 9.82. The maximum atomic E-state index is 12.6. The van der Waals surface area contributed by atoms with Crippen LogP contribution in [0.15, 0.2) is 42.5 Å². The molecule has 2 aromatic carbocycles. The number of ether oxygens (including phenoxy) is 1. The molecule has 0 spiro atoms. The van der Waals surface area contributed by atoms with Crippen molar-refractivity contribution in [3.05, 3.63) is 53.6 Å². The molecular formula is C21H29N3O2. The van der Waals surface area contributed by atoms with Crippen LogP contribution in [0.25, 0.3) is 0 Å². The highest BCUT2D eigenvalue weighted by Crippen LogP contribution is 2.21. The number of carbonyl (C=O) groups is 1. The summed E-state index contributed by atoms with van der Waals surface area (Å²) < 4.78 is 5.81. The van der Waals surface area contributed by atoms with Crippen molar-refractivity contribution >= 4 is 17.2 Å². The van der Waals surface area contributed by atoms with Gasteiger partial charge in [-0.15, -0.1) is 0 Å². The fourth-order valence-electron chi connectivity index (χ4n) is 2.78. The third-order valence-corrected chi connectivity index (χ3v) is 4.48. The quantitative estimate of drug-likeness (QED) is 0.387. The Morgan fingerprint density at radius 2 is 1.69 bits per heavy atom. The van der Waals surface area contributed by atoms with E-state index in [0.717, 1.165) is 32.5 Å². The highest BCUT2D eigenvalue weighted by atomic mass is 16.5. The van der Waals surface area contributed by atoms with Crippen LogP contribution < -0.4 is 16.2 Å². The molecule has 26 heavy (non-hydrogen) atoms. The van der Waals surface area contributed by atoms with Crippen molar-refractivity contribution in [3.63, 3.8) is 0 Å². The van der Waals surface area contributed by atoms with Crippen LogP contribution in [0.4, 0.5) is 11.4 Å². The van der Waals surface area contributed by atoms with Gasteiger partial charge in [0.05, 0.1) is 18.0 Å². The summed E-state index contributed by atoms with van der Waals surface area (Å²) in [5.74, 6) is 0.616. The first-order valence-corrected chi connectivity index (χ1v) is 9.20. The number of carbonyl (C=O) groups excluding carboxylic acids is 1. The summed E-state index contributed by atoms with van der Waals surface area (Å²) >= 11 is 0. The molecule has 140 valence electrons. The van der Waals surface area contributed by atoms with Crippen LogP contribution in [0.3, 0.4) is 0 Å². The average Bonchev–Trinajstić information content (AvgIpc) is 2.66. The monoisotopic (exact) mass is 355 g/mol. The highest BCUT2D eigenvalue weighted by molar-refractivity contribution is 6.10. The van der Waals surface area contributed by atoms with Crippen molar-refractivity contribution in [2.45, 2.75) is 26.7 Å². The molecule has 0 aliphatic heterocycles. The van der Waals surface area contributed by atoms with E-state index in [1.165, 1.54) is 0 Å². The molecule has 5 nitrogen and oxygen atoms in total. The summed E-state index contributed by atoms with van der Waals surface area (Å²) in [6.07, 6.45) is 2.09. The van der Waals surface area contributed by atoms with Gasteiger partial charge in [0.15, 0.2) is 5.78 Å². The van der Waals surface area contributed by atoms with Gasteiger partial charge in [-0.1, -0.05) is 26.0 Å². The van der Waals surface area contributed by atoms with Crippen LogP contribution in [0, 0.1) is 0 Å². The molecule has 0 fully saturated rings. The first-order chi connectivity index (χ1) is 12.5. The average molecular weight is 355 g/mol. The number of nitrogen functional groups attached to an aromatic ring is 2. The Labute approximate surface area is 155 Å². The number of benzene rings is 2. The SMILES string of the molecule is CCN(CC)CCCCOc1cccc(C(=O)c2ccc(N)c(N)c2)c1. The van der Waals surface area contributed by atoms with E-state index in [1.54, 1.807) is 30.3 Å². The second-order valence-corrected chi connectivity index (χ2v) is 6.28. The third-order valence-electron chi connectivity index (χ3n) is 4.48. The van der Waals surface area contributed by atoms with E-state index in [0.29, 0.717) is 34.9 Å². The standard InChI is InChI=1S/C21H29N3O2/c1-3-24(4-2)12-5-6-13-26-18-9-7-8-16(14-18)21(25)17-10-11-19(22)20(23)15-17/h7-11,14-15H,3-6,12-13,22-23H2,1-2H3. The Balaban J connectivity index is 1.91. The maximum absolute atomic E-state index is 12.6. The first kappa shape index (κ1) is 19.8. The lowest BCUT2D eigenvalue weighted by atomic mass is 10.0. The Kier molecular flexibility index (Phi) is 7.48. The number of rotatable bonds is 10. The molecule has 0 aromatic heterocycles. The summed E-state index contributed by atoms with van der Waals surface area (Å²) in [4.78, 5) is 15.0. The molecular weight excluding hydrogens is 326 g/mol. The van der Waals surface area contributed by atoms with Crippen molar-refractivity contribution in [2.75, 3.05) is 37.7 Å². The van der Waals surface area contributed by atoms with Crippen molar-refractivity contribution in [2.24, 2.45) is 0 Å². The number of ketones is 1. The van der Waals surface area contributed by atoms with Gasteiger partial charge < -0.3 is 21.1 Å². The lowest BCUT2D eigenvalue weighted by Crippen LogP contribution is -2.24. The molecule has 4 N–H and O–H groups in total. The Bertz CT molecular complexity index is 727. The minimum atomic E-state index is -0.0938. The van der Waals surface area contributed by atoms with Gasteiger partial charge in [-0.2, -0.15) is 0 Å². The molecule has 0 saturated heterocycles. The molecule has 5 heteroatoms. The molecule has 0 heterocycles. The van der Waals surface area contributed by atoms with Crippen LogP contribution in [0.5, 0.6) is 5.75 Å². The minimum absolute atomic E-state index is 0.0938. The number of hydrogen-bond acceptors (Lipinski definition) is 5. The highest BCUT2D eigenvalue weighted by Gasteiger charge is 2.11. The van der Waals surface area contributed by atoms with Crippen molar-refractivity contribution in [1.29, 1.82) is 0 Å². The van der Waals surface area contributed by atoms with Crippen LogP contribution >= 0.6 is 0 Å². The fourth-order valence-corrected chi connectivity index (χ4v) is 2.78. The zero-order valence-electron chi connectivity index (χ0n) is 15.7. The van der Waals surface area contributed by atoms with Gasteiger partial charge in [-0.25, -0.2) is 0 Å². The molecule has 0 unspecified atom stereocenters. The zero-order valence-corrected chi connectivity index (χ0v) is 15.7. The fraction of sp³-hybridized carbons (Fsp3) is 0.381. The maximum Gasteiger partial charge on any atom is 0.193 e. The van der Waals surface area contributed by atoms with Crippen molar-refractivity contribution in [1.82, 2.24) is 4.90 Å². The molecule has 2 rings (SSSR count). The van der Waals surface area contributed by atoms with Crippen molar-refractivity contribution in [3.8, 4) is 5.75 Å². The molecule has 0 aliphatic rings. The zero-order chi connectivity index (χ0) is 18.9. The molecule has 0 radical (unpaired) electrons. The van der Waals surface area contributed by atoms with Gasteiger partial charge in [0.2, 0.25) is 0 Å². The van der Waals surface area contributed by atoms with E-state index in [4.69, 9.17) is 16.2 Å². The summed E-state index contributed by atoms with van der Waals surface area (Å²) in [7, 11) is 0. The summed E-state index contributed by atoms with van der Waals surface area (Å²) in [5, 5.41) is 0. The Morgan fingerprint density at radius 1 is 0.962 bits per heavy atom. The van der Waals surface area contributed by atoms with Gasteiger partial charge in [-0.05, 0) is 62.8 Å². The van der Waals surface area contributed by atoms with Crippen LogP contribution in [0.1, 0.15) is 42.6 Å². The minimum Gasteiger partial charge on any atom is -0.494 e. The molecule has 0 bridgehead atoms. The van der Waals surface area contributed by atoms with E-state index in [2.05, 4.69) is 18.7 Å². The first-order valence-electron chi connectivity index (χ1n) is 9.20. The van der Waals surface area contributed by atoms with Gasteiger partial charge in [0.1, 0.15) is 5.75 Å². The summed E-state index contributed by atoms with van der Waals surface area (Å²) in [6.45, 7) is 8.25. The molecule has 0 atom stereocenters. The van der Waals surface area contributed by atoms with Crippen LogP contribution in [-0.4, -0.2) is 36.9 Å². The van der Waals surface area contributed by atoms with E-state index in [1.807, 2.05) is 12.1 Å². The molecule has 0 amide bonds. The number of nitrogens with two attached hydrogens (primary N) is 2. The predicted molar refractivity (Wildman–Crippen MR) is 108 cm³/mol. The van der Waals surface area contributed by atoms with E-state index >= 15 is 0 Å². The largest absolute Gasteiger partial charge is 0.494 e. The van der Waals surface area contributed by atoms with Gasteiger partial charge in [0.25, 0.3) is 0 Å². The normalized spacial score (nSPS) is 10.9. The Morgan fingerprint density at radius 3 is 2.38 bits per heavy atom. The molecule has 0 aliphatic carbocycles. The van der Waals surface area contributed by atoms with Crippen LogP contribution in [0.2, 0.25) is 0 Å². The number of unbranched alkanes of at least 4 members (excludes halogenated alkanes) is 1. The van der Waals surface area contributed by atoms with Gasteiger partial charge in [0, 0.05) is 11.1 Å². The van der Waals surface area contributed by atoms with Crippen LogP contribution in [-0.2, 0) is 0 Å². The second-order valence-electron chi connectivity index (χ2n) is 6.28. The third kappa shape index (κ3) is 5.49. The van der Waals surface area contributed by atoms with E-state index in [9.17, 15) is 4.79 Å². The molecule has 0 saturated carbocycles. The summed E-state index contributed by atoms with van der Waals surface area (Å²) in [5.41, 5.74) is 13.5. The van der Waals surface area contributed by atoms with Gasteiger partial charge >= 0.3 is 0 Å².